The van der Waals surface area contributed by atoms with Crippen molar-refractivity contribution in [2.45, 2.75) is 25.7 Å². The van der Waals surface area contributed by atoms with E-state index in [2.05, 4.69) is 203 Å². The Morgan fingerprint density at radius 3 is 1.74 bits per heavy atom. The van der Waals surface area contributed by atoms with Crippen LogP contribution in [-0.2, 0) is 0 Å². The maximum atomic E-state index is 5.28. The topological polar surface area (TPSA) is 35.6 Å². The largest absolute Gasteiger partial charge is 0.293 e. The number of rotatable bonds is 6. The van der Waals surface area contributed by atoms with Gasteiger partial charge in [0.2, 0.25) is 0 Å². The third-order valence-corrected chi connectivity index (χ3v) is 13.2. The summed E-state index contributed by atoms with van der Waals surface area (Å²) in [5.74, 6) is 1.99. The molecule has 2 heterocycles. The van der Waals surface area contributed by atoms with Crippen LogP contribution in [0.25, 0.3) is 112 Å². The quantitative estimate of drug-likeness (QED) is 0.168. The van der Waals surface area contributed by atoms with Crippen LogP contribution < -0.4 is 10.7 Å². The molecular formula is C58H40N4. The molecule has 0 aliphatic heterocycles. The van der Waals surface area contributed by atoms with Gasteiger partial charge in [-0.3, -0.25) is 9.13 Å². The van der Waals surface area contributed by atoms with E-state index >= 15 is 0 Å². The molecule has 0 N–H and O–H groups in total. The minimum atomic E-state index is 0.909. The zero-order valence-electron chi connectivity index (χ0n) is 34.1. The molecular weight excluding hydrogens is 753 g/mol. The number of fused-ring (bicyclic) bond motifs is 6. The maximum absolute atomic E-state index is 5.28. The highest BCUT2D eigenvalue weighted by Crippen LogP contribution is 2.57. The molecule has 0 atom stereocenters. The van der Waals surface area contributed by atoms with Crippen molar-refractivity contribution in [1.29, 1.82) is 0 Å². The van der Waals surface area contributed by atoms with Gasteiger partial charge in [-0.15, -0.1) is 0 Å². The zero-order valence-corrected chi connectivity index (χ0v) is 34.1. The molecule has 3 aliphatic rings. The van der Waals surface area contributed by atoms with Crippen LogP contribution in [0.15, 0.2) is 182 Å². The second kappa shape index (κ2) is 13.9. The van der Waals surface area contributed by atoms with Crippen LogP contribution in [0.4, 0.5) is 0 Å². The lowest BCUT2D eigenvalue weighted by Gasteiger charge is -2.23. The Bertz CT molecular complexity index is 3650. The molecule has 4 nitrogen and oxygen atoms in total. The van der Waals surface area contributed by atoms with Gasteiger partial charge in [0, 0.05) is 16.9 Å². The lowest BCUT2D eigenvalue weighted by atomic mass is 9.80. The van der Waals surface area contributed by atoms with E-state index < -0.39 is 0 Å². The number of benzene rings is 8. The number of imidazole rings is 2. The molecule has 10 aromatic rings. The number of para-hydroxylation sites is 4. The molecule has 0 saturated heterocycles. The van der Waals surface area contributed by atoms with E-state index in [1.807, 2.05) is 0 Å². The fourth-order valence-corrected chi connectivity index (χ4v) is 10.5. The van der Waals surface area contributed by atoms with Crippen molar-refractivity contribution in [1.82, 2.24) is 19.1 Å². The highest BCUT2D eigenvalue weighted by atomic mass is 15.1. The van der Waals surface area contributed by atoms with Crippen molar-refractivity contribution >= 4 is 55.9 Å². The smallest absolute Gasteiger partial charge is 0.145 e. The van der Waals surface area contributed by atoms with Gasteiger partial charge in [0.1, 0.15) is 11.6 Å². The minimum Gasteiger partial charge on any atom is -0.293 e. The Kier molecular flexibility index (Phi) is 7.83. The summed E-state index contributed by atoms with van der Waals surface area (Å²) in [4.78, 5) is 10.5. The van der Waals surface area contributed by atoms with Crippen molar-refractivity contribution < 1.29 is 0 Å². The summed E-state index contributed by atoms with van der Waals surface area (Å²) in [5, 5.41) is 7.48. The fourth-order valence-electron chi connectivity index (χ4n) is 10.5. The van der Waals surface area contributed by atoms with Crippen LogP contribution in [0.3, 0.4) is 0 Å². The summed E-state index contributed by atoms with van der Waals surface area (Å²) < 4.78 is 4.65. The SMILES string of the molecule is C1=C(c2c3c(c(-c4ccc(-c5nc6ccccc6n5-c5ccccc5)cc4)c4ccccc24)-c2cccc4cccc-3c24)CCC(c2nc3c(n2-c2ccccc2)=CCCC=3)=C1. The normalized spacial score (nSPS) is 14.0. The number of aromatic nitrogens is 4. The Morgan fingerprint density at radius 1 is 0.419 bits per heavy atom. The van der Waals surface area contributed by atoms with Gasteiger partial charge in [0.25, 0.3) is 0 Å². The summed E-state index contributed by atoms with van der Waals surface area (Å²) in [6, 6.07) is 61.6. The fraction of sp³-hybridized carbons (Fsp3) is 0.0690. The molecule has 4 heteroatoms. The lowest BCUT2D eigenvalue weighted by Crippen LogP contribution is -2.31. The second-order valence-electron chi connectivity index (χ2n) is 16.7. The second-order valence-corrected chi connectivity index (χ2v) is 16.7. The molecule has 0 saturated carbocycles. The Labute approximate surface area is 359 Å². The van der Waals surface area contributed by atoms with Gasteiger partial charge in [-0.25, -0.2) is 9.97 Å². The van der Waals surface area contributed by atoms with E-state index in [1.165, 1.54) is 77.0 Å². The number of hydrogen-bond acceptors (Lipinski definition) is 2. The maximum Gasteiger partial charge on any atom is 0.145 e. The summed E-state index contributed by atoms with van der Waals surface area (Å²) >= 11 is 0. The van der Waals surface area contributed by atoms with Crippen molar-refractivity contribution in [3.8, 4) is 56.1 Å². The molecule has 0 bridgehead atoms. The van der Waals surface area contributed by atoms with Crippen LogP contribution in [0.5, 0.6) is 0 Å². The van der Waals surface area contributed by atoms with Crippen LogP contribution in [0.2, 0.25) is 0 Å². The van der Waals surface area contributed by atoms with Gasteiger partial charge in [0.05, 0.1) is 21.7 Å². The third-order valence-electron chi connectivity index (χ3n) is 13.2. The first-order valence-corrected chi connectivity index (χ1v) is 21.8. The predicted molar refractivity (Wildman–Crippen MR) is 258 cm³/mol. The average molecular weight is 793 g/mol. The zero-order chi connectivity index (χ0) is 40.7. The predicted octanol–water partition coefficient (Wildman–Crippen LogP) is 13.1. The molecule has 0 unspecified atom stereocenters. The van der Waals surface area contributed by atoms with Gasteiger partial charge in [-0.1, -0.05) is 158 Å². The Balaban J connectivity index is 1.01. The summed E-state index contributed by atoms with van der Waals surface area (Å²) in [7, 11) is 0. The standard InChI is InChI=1S/C58H40N4/c1-3-17-42(18-4-1)61-50-27-11-9-25-48(50)59-57(61)40-33-29-38(30-34-40)53-44-21-7-8-22-45(44)54(56-47-24-14-16-37-15-13-23-46(52(37)47)55(53)56)39-31-35-41(36-32-39)58-60-49-26-10-12-28-51(49)62(58)43-19-5-2-6-20-43/h1-9,11,13-31,33-35H,10,12,32,36H2. The first kappa shape index (κ1) is 35.0. The van der Waals surface area contributed by atoms with Gasteiger partial charge in [-0.2, -0.15) is 0 Å². The van der Waals surface area contributed by atoms with Gasteiger partial charge < -0.3 is 0 Å². The molecule has 13 rings (SSSR count). The average Bonchev–Trinajstić information content (AvgIpc) is 4.03. The Hall–Kier alpha value is -7.82. The third kappa shape index (κ3) is 5.26. The molecule has 292 valence electrons. The highest BCUT2D eigenvalue weighted by molar-refractivity contribution is 6.26. The molecule has 62 heavy (non-hydrogen) atoms. The summed E-state index contributed by atoms with van der Waals surface area (Å²) in [6.45, 7) is 0. The van der Waals surface area contributed by atoms with E-state index in [0.717, 1.165) is 70.7 Å². The molecule has 0 radical (unpaired) electrons. The monoisotopic (exact) mass is 792 g/mol. The molecule has 2 aromatic heterocycles. The molecule has 8 aromatic carbocycles. The summed E-state index contributed by atoms with van der Waals surface area (Å²) in [6.07, 6.45) is 13.3. The number of allylic oxidation sites excluding steroid dienone is 4. The number of hydrogen-bond donors (Lipinski definition) is 0. The van der Waals surface area contributed by atoms with Crippen molar-refractivity contribution in [3.63, 3.8) is 0 Å². The first-order valence-electron chi connectivity index (χ1n) is 21.8. The molecule has 0 fully saturated rings. The van der Waals surface area contributed by atoms with Crippen molar-refractivity contribution in [2.24, 2.45) is 0 Å². The minimum absolute atomic E-state index is 0.909. The van der Waals surface area contributed by atoms with Crippen molar-refractivity contribution in [3.05, 3.63) is 204 Å². The Morgan fingerprint density at radius 2 is 1.02 bits per heavy atom. The van der Waals surface area contributed by atoms with Crippen LogP contribution in [-0.4, -0.2) is 19.1 Å². The highest BCUT2D eigenvalue weighted by Gasteiger charge is 2.31. The molecule has 3 aliphatic carbocycles. The molecule has 0 amide bonds. The molecule has 0 spiro atoms. The van der Waals surface area contributed by atoms with E-state index in [-0.39, 0.29) is 0 Å². The van der Waals surface area contributed by atoms with E-state index in [4.69, 9.17) is 9.97 Å². The van der Waals surface area contributed by atoms with E-state index in [1.54, 1.807) is 0 Å². The van der Waals surface area contributed by atoms with Crippen LogP contribution in [0, 0.1) is 0 Å². The van der Waals surface area contributed by atoms with Gasteiger partial charge >= 0.3 is 0 Å². The number of nitrogens with zero attached hydrogens (tertiary/aromatic N) is 4. The van der Waals surface area contributed by atoms with Crippen molar-refractivity contribution in [2.75, 3.05) is 0 Å². The van der Waals surface area contributed by atoms with Gasteiger partial charge in [-0.05, 0) is 134 Å². The van der Waals surface area contributed by atoms with Crippen LogP contribution >= 0.6 is 0 Å². The van der Waals surface area contributed by atoms with Gasteiger partial charge in [0.15, 0.2) is 0 Å². The van der Waals surface area contributed by atoms with E-state index in [0.29, 0.717) is 0 Å². The lowest BCUT2D eigenvalue weighted by molar-refractivity contribution is 0.949. The first-order chi connectivity index (χ1) is 30.8. The summed E-state index contributed by atoms with van der Waals surface area (Å²) in [5.41, 5.74) is 17.2. The van der Waals surface area contributed by atoms with E-state index in [9.17, 15) is 0 Å². The van der Waals surface area contributed by atoms with Crippen LogP contribution in [0.1, 0.15) is 37.1 Å².